The van der Waals surface area contributed by atoms with Gasteiger partial charge in [0, 0.05) is 6.20 Å². The van der Waals surface area contributed by atoms with E-state index in [2.05, 4.69) is 11.9 Å². The number of rotatable bonds is 1. The second-order valence-electron chi connectivity index (χ2n) is 4.75. The van der Waals surface area contributed by atoms with Gasteiger partial charge in [0.25, 0.3) is 0 Å². The number of pyridine rings is 1. The Hall–Kier alpha value is -0.930. The Morgan fingerprint density at radius 1 is 1.13 bits per heavy atom. The third-order valence-corrected chi connectivity index (χ3v) is 2.76. The molecule has 1 saturated heterocycles. The van der Waals surface area contributed by atoms with Crippen LogP contribution in [0.2, 0.25) is 0 Å². The van der Waals surface area contributed by atoms with Crippen molar-refractivity contribution in [1.29, 1.82) is 0 Å². The van der Waals surface area contributed by atoms with Crippen molar-refractivity contribution in [2.24, 2.45) is 0 Å². The number of ether oxygens (including phenoxy) is 2. The monoisotopic (exact) mass is 207 g/mol. The maximum Gasteiger partial charge on any atom is 0.162 e. The van der Waals surface area contributed by atoms with Crippen molar-refractivity contribution in [3.05, 3.63) is 30.1 Å². The summed E-state index contributed by atoms with van der Waals surface area (Å²) in [6.07, 6.45) is 1.81. The van der Waals surface area contributed by atoms with Crippen molar-refractivity contribution in [2.75, 3.05) is 13.2 Å². The van der Waals surface area contributed by atoms with E-state index in [1.165, 1.54) is 0 Å². The Labute approximate surface area is 90.4 Å². The highest BCUT2D eigenvalue weighted by Crippen LogP contribution is 2.31. The molecule has 0 N–H and O–H groups in total. The summed E-state index contributed by atoms with van der Waals surface area (Å²) in [6, 6.07) is 5.93. The molecule has 0 bridgehead atoms. The molecule has 3 heteroatoms. The molecule has 0 radical (unpaired) electrons. The summed E-state index contributed by atoms with van der Waals surface area (Å²) in [7, 11) is 0. The van der Waals surface area contributed by atoms with Gasteiger partial charge in [0.05, 0.1) is 24.3 Å². The zero-order valence-corrected chi connectivity index (χ0v) is 9.49. The molecule has 1 aromatic rings. The van der Waals surface area contributed by atoms with Crippen LogP contribution in [0.15, 0.2) is 24.4 Å². The lowest BCUT2D eigenvalue weighted by molar-refractivity contribution is -0.267. The van der Waals surface area contributed by atoms with E-state index in [0.29, 0.717) is 13.2 Å². The second-order valence-corrected chi connectivity index (χ2v) is 4.75. The van der Waals surface area contributed by atoms with Gasteiger partial charge in [-0.15, -0.1) is 0 Å². The predicted molar refractivity (Wildman–Crippen MR) is 57.6 cm³/mol. The van der Waals surface area contributed by atoms with Gasteiger partial charge in [0.1, 0.15) is 0 Å². The van der Waals surface area contributed by atoms with Crippen LogP contribution in [0.25, 0.3) is 0 Å². The van der Waals surface area contributed by atoms with Crippen molar-refractivity contribution >= 4 is 0 Å². The van der Waals surface area contributed by atoms with Crippen molar-refractivity contribution in [2.45, 2.75) is 32.0 Å². The average molecular weight is 207 g/mol. The predicted octanol–water partition coefficient (Wildman–Crippen LogP) is 2.12. The number of nitrogens with zero attached hydrogens (tertiary/aromatic N) is 1. The lowest BCUT2D eigenvalue weighted by Gasteiger charge is -2.41. The Balaban J connectivity index is 2.17. The van der Waals surface area contributed by atoms with Gasteiger partial charge in [0.15, 0.2) is 5.79 Å². The summed E-state index contributed by atoms with van der Waals surface area (Å²) in [4.78, 5) is 4.36. The van der Waals surface area contributed by atoms with E-state index in [0.717, 1.165) is 5.69 Å². The summed E-state index contributed by atoms with van der Waals surface area (Å²) in [6.45, 7) is 7.29. The average Bonchev–Trinajstić information content (AvgIpc) is 2.24. The second kappa shape index (κ2) is 3.58. The summed E-state index contributed by atoms with van der Waals surface area (Å²) in [5.41, 5.74) is 0.900. The van der Waals surface area contributed by atoms with Gasteiger partial charge in [-0.2, -0.15) is 0 Å². The van der Waals surface area contributed by atoms with E-state index >= 15 is 0 Å². The van der Waals surface area contributed by atoms with Gasteiger partial charge in [-0.05, 0) is 32.9 Å². The highest BCUT2D eigenvalue weighted by molar-refractivity contribution is 5.16. The van der Waals surface area contributed by atoms with Crippen LogP contribution in [0.1, 0.15) is 26.5 Å². The van der Waals surface area contributed by atoms with Crippen LogP contribution < -0.4 is 0 Å². The Kier molecular flexibility index (Phi) is 2.52. The van der Waals surface area contributed by atoms with E-state index < -0.39 is 5.79 Å². The SMILES string of the molecule is CC1(C)OCC(C)(c2ccccn2)CO1. The molecular formula is C12H17NO2. The smallest absolute Gasteiger partial charge is 0.162 e. The Bertz CT molecular complexity index is 325. The molecular weight excluding hydrogens is 190 g/mol. The number of hydrogen-bond donors (Lipinski definition) is 0. The summed E-state index contributed by atoms with van der Waals surface area (Å²) in [5, 5.41) is 0. The number of hydrogen-bond acceptors (Lipinski definition) is 3. The fourth-order valence-corrected chi connectivity index (χ4v) is 1.62. The first-order valence-corrected chi connectivity index (χ1v) is 5.21. The molecule has 1 fully saturated rings. The maximum atomic E-state index is 5.67. The third kappa shape index (κ3) is 2.19. The van der Waals surface area contributed by atoms with Crippen molar-refractivity contribution in [3.8, 4) is 0 Å². The topological polar surface area (TPSA) is 31.4 Å². The van der Waals surface area contributed by atoms with E-state index in [1.807, 2.05) is 32.0 Å². The van der Waals surface area contributed by atoms with E-state index in [9.17, 15) is 0 Å². The van der Waals surface area contributed by atoms with Crippen LogP contribution >= 0.6 is 0 Å². The van der Waals surface area contributed by atoms with Gasteiger partial charge >= 0.3 is 0 Å². The summed E-state index contributed by atoms with van der Waals surface area (Å²) >= 11 is 0. The first kappa shape index (κ1) is 10.6. The first-order valence-electron chi connectivity index (χ1n) is 5.21. The van der Waals surface area contributed by atoms with Crippen LogP contribution in [-0.2, 0) is 14.9 Å². The minimum atomic E-state index is -0.464. The van der Waals surface area contributed by atoms with Crippen LogP contribution in [0.3, 0.4) is 0 Å². The molecule has 3 nitrogen and oxygen atoms in total. The highest BCUT2D eigenvalue weighted by atomic mass is 16.7. The van der Waals surface area contributed by atoms with Gasteiger partial charge in [-0.3, -0.25) is 4.98 Å². The molecule has 0 saturated carbocycles. The molecule has 0 spiro atoms. The van der Waals surface area contributed by atoms with E-state index in [-0.39, 0.29) is 5.41 Å². The largest absolute Gasteiger partial charge is 0.349 e. The maximum absolute atomic E-state index is 5.67. The summed E-state index contributed by atoms with van der Waals surface area (Å²) < 4.78 is 11.3. The molecule has 1 aliphatic rings. The van der Waals surface area contributed by atoms with E-state index in [4.69, 9.17) is 9.47 Å². The third-order valence-electron chi connectivity index (χ3n) is 2.76. The fourth-order valence-electron chi connectivity index (χ4n) is 1.62. The van der Waals surface area contributed by atoms with Crippen LogP contribution in [0.5, 0.6) is 0 Å². The lowest BCUT2D eigenvalue weighted by Crippen LogP contribution is -2.47. The zero-order valence-electron chi connectivity index (χ0n) is 9.49. The Morgan fingerprint density at radius 3 is 2.33 bits per heavy atom. The highest BCUT2D eigenvalue weighted by Gasteiger charge is 2.38. The van der Waals surface area contributed by atoms with E-state index in [1.54, 1.807) is 6.20 Å². The Morgan fingerprint density at radius 2 is 1.80 bits per heavy atom. The minimum absolute atomic E-state index is 0.128. The van der Waals surface area contributed by atoms with Gasteiger partial charge in [-0.1, -0.05) is 6.07 Å². The zero-order chi connectivity index (χ0) is 10.9. The number of aromatic nitrogens is 1. The molecule has 2 heterocycles. The standard InChI is InChI=1S/C12H17NO2/c1-11(2)14-8-12(3,9-15-11)10-6-4-5-7-13-10/h4-7H,8-9H2,1-3H3. The molecule has 0 aliphatic carbocycles. The molecule has 1 aliphatic heterocycles. The van der Waals surface area contributed by atoms with Crippen molar-refractivity contribution < 1.29 is 9.47 Å². The molecule has 0 atom stereocenters. The first-order chi connectivity index (χ1) is 7.02. The van der Waals surface area contributed by atoms with Gasteiger partial charge in [0.2, 0.25) is 0 Å². The van der Waals surface area contributed by atoms with Crippen molar-refractivity contribution in [3.63, 3.8) is 0 Å². The molecule has 0 aromatic carbocycles. The van der Waals surface area contributed by atoms with Gasteiger partial charge < -0.3 is 9.47 Å². The van der Waals surface area contributed by atoms with Crippen LogP contribution in [-0.4, -0.2) is 24.0 Å². The fraction of sp³-hybridized carbons (Fsp3) is 0.583. The summed E-state index contributed by atoms with van der Waals surface area (Å²) in [5.74, 6) is -0.464. The van der Waals surface area contributed by atoms with Gasteiger partial charge in [-0.25, -0.2) is 0 Å². The molecule has 82 valence electrons. The van der Waals surface area contributed by atoms with Crippen molar-refractivity contribution in [1.82, 2.24) is 4.98 Å². The molecule has 0 unspecified atom stereocenters. The molecule has 0 amide bonds. The van der Waals surface area contributed by atoms with Crippen LogP contribution in [0, 0.1) is 0 Å². The minimum Gasteiger partial charge on any atom is -0.349 e. The molecule has 1 aromatic heterocycles. The quantitative estimate of drug-likeness (QED) is 0.707. The normalized spacial score (nSPS) is 23.7. The molecule has 2 rings (SSSR count). The molecule has 15 heavy (non-hydrogen) atoms. The lowest BCUT2D eigenvalue weighted by atomic mass is 9.87. The van der Waals surface area contributed by atoms with Crippen LogP contribution in [0.4, 0.5) is 0 Å².